The molecule has 0 unspecified atom stereocenters. The van der Waals surface area contributed by atoms with Gasteiger partial charge in [-0.25, -0.2) is 4.68 Å². The largest absolute Gasteiger partial charge is 0.349 e. The van der Waals surface area contributed by atoms with E-state index < -0.39 is 0 Å². The average Bonchev–Trinajstić information content (AvgIpc) is 3.31. The maximum atomic E-state index is 12.5. The molecule has 1 heterocycles. The molecule has 1 amide bonds. The molecule has 1 aromatic carbocycles. The SMILES string of the molecule is CC(C)C[C@@H](NC(=O)CSc1nnnn1C1CCCC1)c1ccccc1. The molecular weight excluding hydrogens is 346 g/mol. The van der Waals surface area contributed by atoms with E-state index in [1.807, 2.05) is 22.9 Å². The molecule has 0 radical (unpaired) electrons. The fourth-order valence-corrected chi connectivity index (χ4v) is 4.22. The molecule has 1 saturated carbocycles. The van der Waals surface area contributed by atoms with Crippen LogP contribution in [-0.4, -0.2) is 31.9 Å². The highest BCUT2D eigenvalue weighted by Crippen LogP contribution is 2.31. The van der Waals surface area contributed by atoms with Gasteiger partial charge in [0.15, 0.2) is 0 Å². The van der Waals surface area contributed by atoms with Gasteiger partial charge in [-0.3, -0.25) is 4.79 Å². The molecule has 6 nitrogen and oxygen atoms in total. The van der Waals surface area contributed by atoms with Crippen LogP contribution in [0, 0.1) is 5.92 Å². The highest BCUT2D eigenvalue weighted by Gasteiger charge is 2.22. The molecule has 140 valence electrons. The van der Waals surface area contributed by atoms with Crippen LogP contribution in [0.4, 0.5) is 0 Å². The summed E-state index contributed by atoms with van der Waals surface area (Å²) in [4.78, 5) is 12.5. The lowest BCUT2D eigenvalue weighted by molar-refractivity contribution is -0.119. The first-order valence-electron chi connectivity index (χ1n) is 9.38. The Bertz CT molecular complexity index is 697. The Morgan fingerprint density at radius 3 is 2.69 bits per heavy atom. The molecule has 1 N–H and O–H groups in total. The summed E-state index contributed by atoms with van der Waals surface area (Å²) >= 11 is 1.42. The van der Waals surface area contributed by atoms with E-state index in [2.05, 4.69) is 46.8 Å². The third-order valence-electron chi connectivity index (χ3n) is 4.71. The number of amides is 1. The van der Waals surface area contributed by atoms with Gasteiger partial charge in [0.25, 0.3) is 0 Å². The summed E-state index contributed by atoms with van der Waals surface area (Å²) in [7, 11) is 0. The van der Waals surface area contributed by atoms with Crippen LogP contribution < -0.4 is 5.32 Å². The number of thioether (sulfide) groups is 1. The van der Waals surface area contributed by atoms with Crippen LogP contribution in [0.15, 0.2) is 35.5 Å². The number of nitrogens with zero attached hydrogens (tertiary/aromatic N) is 4. The summed E-state index contributed by atoms with van der Waals surface area (Å²) in [6.07, 6.45) is 5.61. The van der Waals surface area contributed by atoms with Crippen molar-refractivity contribution in [3.05, 3.63) is 35.9 Å². The number of carbonyl (C=O) groups excluding carboxylic acids is 1. The minimum Gasteiger partial charge on any atom is -0.349 e. The maximum Gasteiger partial charge on any atom is 0.230 e. The van der Waals surface area contributed by atoms with Crippen molar-refractivity contribution in [3.63, 3.8) is 0 Å². The molecule has 0 aliphatic heterocycles. The minimum absolute atomic E-state index is 0.0190. The second kappa shape index (κ2) is 9.16. The van der Waals surface area contributed by atoms with Crippen LogP contribution in [0.3, 0.4) is 0 Å². The zero-order valence-corrected chi connectivity index (χ0v) is 16.3. The first-order valence-corrected chi connectivity index (χ1v) is 10.4. The molecule has 1 atom stereocenters. The summed E-state index contributed by atoms with van der Waals surface area (Å²) in [5.41, 5.74) is 1.15. The number of carbonyl (C=O) groups is 1. The van der Waals surface area contributed by atoms with Gasteiger partial charge < -0.3 is 5.32 Å². The number of aromatic nitrogens is 4. The molecule has 0 bridgehead atoms. The summed E-state index contributed by atoms with van der Waals surface area (Å²) in [5, 5.41) is 16.0. The molecule has 7 heteroatoms. The normalized spacial score (nSPS) is 16.1. The van der Waals surface area contributed by atoms with Gasteiger partial charge >= 0.3 is 0 Å². The molecule has 1 aliphatic carbocycles. The van der Waals surface area contributed by atoms with Crippen LogP contribution in [0.1, 0.15) is 63.6 Å². The molecule has 3 rings (SSSR count). The monoisotopic (exact) mass is 373 g/mol. The van der Waals surface area contributed by atoms with Crippen LogP contribution >= 0.6 is 11.8 Å². The van der Waals surface area contributed by atoms with E-state index in [4.69, 9.17) is 0 Å². The third-order valence-corrected chi connectivity index (χ3v) is 5.64. The molecule has 26 heavy (non-hydrogen) atoms. The number of hydrogen-bond acceptors (Lipinski definition) is 5. The molecular formula is C19H27N5OS. The number of tetrazole rings is 1. The number of benzene rings is 1. The predicted octanol–water partition coefficient (Wildman–Crippen LogP) is 3.78. The highest BCUT2D eigenvalue weighted by molar-refractivity contribution is 7.99. The fourth-order valence-electron chi connectivity index (χ4n) is 3.46. The topological polar surface area (TPSA) is 72.7 Å². The Balaban J connectivity index is 1.58. The zero-order chi connectivity index (χ0) is 18.4. The van der Waals surface area contributed by atoms with Gasteiger partial charge in [-0.15, -0.1) is 5.10 Å². The molecule has 1 aliphatic rings. The number of hydrogen-bond donors (Lipinski definition) is 1. The van der Waals surface area contributed by atoms with Gasteiger partial charge in [0.1, 0.15) is 0 Å². The lowest BCUT2D eigenvalue weighted by atomic mass is 9.97. The number of nitrogens with one attached hydrogen (secondary N) is 1. The second-order valence-electron chi connectivity index (χ2n) is 7.29. The molecule has 1 fully saturated rings. The standard InChI is InChI=1S/C19H27N5OS/c1-14(2)12-17(15-8-4-3-5-9-15)20-18(25)13-26-19-21-22-23-24(19)16-10-6-7-11-16/h3-5,8-9,14,16-17H,6-7,10-13H2,1-2H3,(H,20,25)/t17-/m1/s1. The molecule has 0 spiro atoms. The van der Waals surface area contributed by atoms with E-state index in [0.29, 0.717) is 17.7 Å². The van der Waals surface area contributed by atoms with Crippen LogP contribution in [-0.2, 0) is 4.79 Å². The quantitative estimate of drug-likeness (QED) is 0.713. The van der Waals surface area contributed by atoms with E-state index in [1.54, 1.807) is 0 Å². The van der Waals surface area contributed by atoms with Crippen molar-refractivity contribution in [2.75, 3.05) is 5.75 Å². The van der Waals surface area contributed by atoms with E-state index in [9.17, 15) is 4.79 Å². The van der Waals surface area contributed by atoms with Crippen molar-refractivity contribution in [1.82, 2.24) is 25.5 Å². The Hall–Kier alpha value is -1.89. The summed E-state index contributed by atoms with van der Waals surface area (Å²) < 4.78 is 1.90. The summed E-state index contributed by atoms with van der Waals surface area (Å²) in [6.45, 7) is 4.35. The lowest BCUT2D eigenvalue weighted by Gasteiger charge is -2.21. The van der Waals surface area contributed by atoms with E-state index in [0.717, 1.165) is 30.0 Å². The Labute approximate surface area is 159 Å². The average molecular weight is 374 g/mol. The van der Waals surface area contributed by atoms with Crippen molar-refractivity contribution < 1.29 is 4.79 Å². The van der Waals surface area contributed by atoms with Gasteiger partial charge in [0.2, 0.25) is 11.1 Å². The van der Waals surface area contributed by atoms with Crippen molar-refractivity contribution in [2.45, 2.75) is 63.2 Å². The van der Waals surface area contributed by atoms with Gasteiger partial charge in [0.05, 0.1) is 17.8 Å². The summed E-state index contributed by atoms with van der Waals surface area (Å²) in [6, 6.07) is 10.6. The van der Waals surface area contributed by atoms with Crippen molar-refractivity contribution >= 4 is 17.7 Å². The van der Waals surface area contributed by atoms with Crippen LogP contribution in [0.5, 0.6) is 0 Å². The maximum absolute atomic E-state index is 12.5. The first-order chi connectivity index (χ1) is 12.6. The fraction of sp³-hybridized carbons (Fsp3) is 0.579. The molecule has 1 aromatic heterocycles. The van der Waals surface area contributed by atoms with Gasteiger partial charge in [-0.2, -0.15) is 0 Å². The van der Waals surface area contributed by atoms with Crippen LogP contribution in [0.25, 0.3) is 0 Å². The zero-order valence-electron chi connectivity index (χ0n) is 15.5. The van der Waals surface area contributed by atoms with E-state index in [-0.39, 0.29) is 11.9 Å². The predicted molar refractivity (Wildman–Crippen MR) is 103 cm³/mol. The van der Waals surface area contributed by atoms with Gasteiger partial charge in [-0.05, 0) is 41.2 Å². The van der Waals surface area contributed by atoms with Crippen molar-refractivity contribution in [3.8, 4) is 0 Å². The Morgan fingerprint density at radius 2 is 2.00 bits per heavy atom. The first kappa shape index (κ1) is 18.9. The highest BCUT2D eigenvalue weighted by atomic mass is 32.2. The lowest BCUT2D eigenvalue weighted by Crippen LogP contribution is -2.31. The summed E-state index contributed by atoms with van der Waals surface area (Å²) in [5.74, 6) is 0.849. The second-order valence-corrected chi connectivity index (χ2v) is 8.24. The third kappa shape index (κ3) is 5.06. The van der Waals surface area contributed by atoms with Gasteiger partial charge in [0, 0.05) is 0 Å². The van der Waals surface area contributed by atoms with E-state index >= 15 is 0 Å². The number of rotatable bonds is 8. The Kier molecular flexibility index (Phi) is 6.66. The van der Waals surface area contributed by atoms with Crippen LogP contribution in [0.2, 0.25) is 0 Å². The van der Waals surface area contributed by atoms with Crippen molar-refractivity contribution in [1.29, 1.82) is 0 Å². The molecule has 0 saturated heterocycles. The van der Waals surface area contributed by atoms with Crippen molar-refractivity contribution in [2.24, 2.45) is 5.92 Å². The molecule has 2 aromatic rings. The van der Waals surface area contributed by atoms with E-state index in [1.165, 1.54) is 24.6 Å². The van der Waals surface area contributed by atoms with Gasteiger partial charge in [-0.1, -0.05) is 68.8 Å². The minimum atomic E-state index is 0.0190. The Morgan fingerprint density at radius 1 is 1.27 bits per heavy atom. The smallest absolute Gasteiger partial charge is 0.230 e.